The van der Waals surface area contributed by atoms with Crippen molar-refractivity contribution < 1.29 is 14.3 Å². The van der Waals surface area contributed by atoms with Crippen molar-refractivity contribution in [2.75, 3.05) is 26.3 Å². The monoisotopic (exact) mass is 271 g/mol. The number of hydrogen-bond donors (Lipinski definition) is 1. The predicted molar refractivity (Wildman–Crippen MR) is 76.1 cm³/mol. The summed E-state index contributed by atoms with van der Waals surface area (Å²) in [5, 5.41) is 3.27. The maximum absolute atomic E-state index is 11.6. The van der Waals surface area contributed by atoms with Gasteiger partial charge in [-0.15, -0.1) is 0 Å². The Morgan fingerprint density at radius 3 is 2.68 bits per heavy atom. The molecule has 4 heteroatoms. The molecule has 19 heavy (non-hydrogen) atoms. The van der Waals surface area contributed by atoms with Gasteiger partial charge in [-0.25, -0.2) is 4.79 Å². The molecule has 1 rings (SSSR count). The largest absolute Gasteiger partial charge is 0.464 e. The highest BCUT2D eigenvalue weighted by Gasteiger charge is 2.16. The molecule has 112 valence electrons. The summed E-state index contributed by atoms with van der Waals surface area (Å²) in [5.74, 6) is 0.288. The van der Waals surface area contributed by atoms with Crippen molar-refractivity contribution in [3.05, 3.63) is 0 Å². The van der Waals surface area contributed by atoms with E-state index < -0.39 is 0 Å². The van der Waals surface area contributed by atoms with E-state index >= 15 is 0 Å². The maximum Gasteiger partial charge on any atom is 0.332 e. The Hall–Kier alpha value is -0.610. The fourth-order valence-corrected chi connectivity index (χ4v) is 2.30. The lowest BCUT2D eigenvalue weighted by Gasteiger charge is -2.22. The van der Waals surface area contributed by atoms with Crippen LogP contribution in [0.25, 0.3) is 0 Å². The molecule has 0 aromatic rings. The molecule has 0 aromatic heterocycles. The van der Waals surface area contributed by atoms with Crippen molar-refractivity contribution >= 4 is 5.97 Å². The number of piperidine rings is 1. The quantitative estimate of drug-likeness (QED) is 0.655. The molecule has 0 aliphatic carbocycles. The lowest BCUT2D eigenvalue weighted by Crippen LogP contribution is -2.33. The van der Waals surface area contributed by atoms with Crippen LogP contribution in [0.3, 0.4) is 0 Å². The average molecular weight is 271 g/mol. The zero-order chi connectivity index (χ0) is 13.9. The van der Waals surface area contributed by atoms with Gasteiger partial charge in [0.15, 0.2) is 0 Å². The van der Waals surface area contributed by atoms with Crippen molar-refractivity contribution in [3.8, 4) is 0 Å². The Kier molecular flexibility index (Phi) is 8.84. The van der Waals surface area contributed by atoms with Crippen LogP contribution in [0.2, 0.25) is 0 Å². The van der Waals surface area contributed by atoms with Gasteiger partial charge in [-0.1, -0.05) is 33.1 Å². The van der Waals surface area contributed by atoms with Crippen molar-refractivity contribution in [1.82, 2.24) is 5.32 Å². The number of ether oxygens (including phenoxy) is 2. The minimum absolute atomic E-state index is 0.106. The first kappa shape index (κ1) is 16.4. The lowest BCUT2D eigenvalue weighted by molar-refractivity contribution is -0.153. The van der Waals surface area contributed by atoms with E-state index in [1.807, 2.05) is 0 Å². The van der Waals surface area contributed by atoms with Crippen molar-refractivity contribution in [2.24, 2.45) is 5.92 Å². The zero-order valence-corrected chi connectivity index (χ0v) is 12.5. The van der Waals surface area contributed by atoms with E-state index in [1.54, 1.807) is 0 Å². The van der Waals surface area contributed by atoms with E-state index in [0.29, 0.717) is 12.5 Å². The smallest absolute Gasteiger partial charge is 0.332 e. The molecule has 0 bridgehead atoms. The summed E-state index contributed by atoms with van der Waals surface area (Å²) in [6.07, 6.45) is 6.82. The molecule has 1 aliphatic heterocycles. The summed E-state index contributed by atoms with van der Waals surface area (Å²) in [6.45, 7) is 6.95. The molecule has 1 aliphatic rings. The standard InChI is InChI=1S/C15H29NO3/c1-3-5-6-13(4-2)11-19-15(17)12-18-14-7-9-16-10-8-14/h13-14,16H,3-12H2,1-2H3. The molecule has 0 spiro atoms. The second-order valence-corrected chi connectivity index (χ2v) is 5.36. The lowest BCUT2D eigenvalue weighted by atomic mass is 10.0. The molecule has 1 heterocycles. The number of nitrogens with one attached hydrogen (secondary N) is 1. The average Bonchev–Trinajstić information content (AvgIpc) is 2.46. The van der Waals surface area contributed by atoms with Gasteiger partial charge in [0.25, 0.3) is 0 Å². The molecule has 4 nitrogen and oxygen atoms in total. The SMILES string of the molecule is CCCCC(CC)COC(=O)COC1CCNCC1. The Bertz CT molecular complexity index is 240. The second kappa shape index (κ2) is 10.2. The normalized spacial score (nSPS) is 18.2. The van der Waals surface area contributed by atoms with Crippen LogP contribution in [-0.4, -0.2) is 38.4 Å². The van der Waals surface area contributed by atoms with Gasteiger partial charge >= 0.3 is 5.97 Å². The molecule has 1 saturated heterocycles. The molecule has 1 atom stereocenters. The summed E-state index contributed by atoms with van der Waals surface area (Å²) in [6, 6.07) is 0. The van der Waals surface area contributed by atoms with Crippen molar-refractivity contribution in [1.29, 1.82) is 0 Å². The van der Waals surface area contributed by atoms with E-state index in [9.17, 15) is 4.79 Å². The number of rotatable bonds is 9. The minimum atomic E-state index is -0.214. The van der Waals surface area contributed by atoms with E-state index in [0.717, 1.165) is 38.8 Å². The van der Waals surface area contributed by atoms with Crippen LogP contribution >= 0.6 is 0 Å². The Labute approximate surface area is 117 Å². The van der Waals surface area contributed by atoms with Gasteiger partial charge in [0, 0.05) is 0 Å². The fraction of sp³-hybridized carbons (Fsp3) is 0.933. The first-order chi connectivity index (χ1) is 9.26. The third-order valence-corrected chi connectivity index (χ3v) is 3.75. The van der Waals surface area contributed by atoms with Crippen LogP contribution < -0.4 is 5.32 Å². The number of unbranched alkanes of at least 4 members (excludes halogenated alkanes) is 1. The van der Waals surface area contributed by atoms with Crippen LogP contribution in [0.5, 0.6) is 0 Å². The number of carbonyl (C=O) groups is 1. The third kappa shape index (κ3) is 7.53. The van der Waals surface area contributed by atoms with Gasteiger partial charge in [0.1, 0.15) is 6.61 Å². The summed E-state index contributed by atoms with van der Waals surface area (Å²) in [7, 11) is 0. The van der Waals surface area contributed by atoms with Gasteiger partial charge in [-0.3, -0.25) is 0 Å². The number of hydrogen-bond acceptors (Lipinski definition) is 4. The van der Waals surface area contributed by atoms with E-state index in [4.69, 9.17) is 9.47 Å². The van der Waals surface area contributed by atoms with Gasteiger partial charge < -0.3 is 14.8 Å². The van der Waals surface area contributed by atoms with Gasteiger partial charge in [-0.05, 0) is 38.3 Å². The fourth-order valence-electron chi connectivity index (χ4n) is 2.30. The Balaban J connectivity index is 2.08. The second-order valence-electron chi connectivity index (χ2n) is 5.36. The molecule has 0 saturated carbocycles. The number of carbonyl (C=O) groups excluding carboxylic acids is 1. The van der Waals surface area contributed by atoms with Crippen LogP contribution in [-0.2, 0) is 14.3 Å². The topological polar surface area (TPSA) is 47.6 Å². The summed E-state index contributed by atoms with van der Waals surface area (Å²) >= 11 is 0. The predicted octanol–water partition coefficient (Wildman–Crippen LogP) is 2.51. The molecule has 0 radical (unpaired) electrons. The highest BCUT2D eigenvalue weighted by molar-refractivity contribution is 5.70. The third-order valence-electron chi connectivity index (χ3n) is 3.75. The van der Waals surface area contributed by atoms with Crippen molar-refractivity contribution in [3.63, 3.8) is 0 Å². The molecular weight excluding hydrogens is 242 g/mol. The molecule has 1 N–H and O–H groups in total. The first-order valence-corrected chi connectivity index (χ1v) is 7.74. The molecular formula is C15H29NO3. The van der Waals surface area contributed by atoms with E-state index in [1.165, 1.54) is 12.8 Å². The highest BCUT2D eigenvalue weighted by Crippen LogP contribution is 2.13. The summed E-state index contributed by atoms with van der Waals surface area (Å²) in [5.41, 5.74) is 0. The van der Waals surface area contributed by atoms with Gasteiger partial charge in [-0.2, -0.15) is 0 Å². The van der Waals surface area contributed by atoms with Crippen LogP contribution in [0, 0.1) is 5.92 Å². The van der Waals surface area contributed by atoms with E-state index in [-0.39, 0.29) is 18.7 Å². The van der Waals surface area contributed by atoms with Crippen LogP contribution in [0.15, 0.2) is 0 Å². The molecule has 0 aromatic carbocycles. The molecule has 0 amide bonds. The minimum Gasteiger partial charge on any atom is -0.464 e. The maximum atomic E-state index is 11.6. The van der Waals surface area contributed by atoms with Gasteiger partial charge in [0.2, 0.25) is 0 Å². The summed E-state index contributed by atoms with van der Waals surface area (Å²) < 4.78 is 10.9. The molecule has 1 unspecified atom stereocenters. The van der Waals surface area contributed by atoms with E-state index in [2.05, 4.69) is 19.2 Å². The first-order valence-electron chi connectivity index (χ1n) is 7.74. The zero-order valence-electron chi connectivity index (χ0n) is 12.5. The number of esters is 1. The summed E-state index contributed by atoms with van der Waals surface area (Å²) in [4.78, 5) is 11.6. The Morgan fingerprint density at radius 1 is 1.32 bits per heavy atom. The van der Waals surface area contributed by atoms with Crippen LogP contribution in [0.1, 0.15) is 52.4 Å². The van der Waals surface area contributed by atoms with Crippen LogP contribution in [0.4, 0.5) is 0 Å². The van der Waals surface area contributed by atoms with Gasteiger partial charge in [0.05, 0.1) is 12.7 Å². The Morgan fingerprint density at radius 2 is 2.05 bits per heavy atom. The molecule has 1 fully saturated rings. The highest BCUT2D eigenvalue weighted by atomic mass is 16.6. The van der Waals surface area contributed by atoms with Crippen molar-refractivity contribution in [2.45, 2.75) is 58.5 Å².